The highest BCUT2D eigenvalue weighted by Crippen LogP contribution is 2.38. The van der Waals surface area contributed by atoms with Crippen LogP contribution in [0.5, 0.6) is 5.75 Å². The fourth-order valence-corrected chi connectivity index (χ4v) is 1.96. The number of pyridine rings is 1. The van der Waals surface area contributed by atoms with Gasteiger partial charge in [-0.25, -0.2) is 4.98 Å². The largest absolute Gasteiger partial charge is 0.506 e. The van der Waals surface area contributed by atoms with Gasteiger partial charge in [0.2, 0.25) is 0 Å². The van der Waals surface area contributed by atoms with Crippen LogP contribution in [0.15, 0.2) is 17.7 Å². The second-order valence-electron chi connectivity index (χ2n) is 4.67. The Morgan fingerprint density at radius 2 is 2.00 bits per heavy atom. The third kappa shape index (κ3) is 1.90. The van der Waals surface area contributed by atoms with Gasteiger partial charge in [-0.3, -0.25) is 4.79 Å². The van der Waals surface area contributed by atoms with E-state index in [-0.39, 0.29) is 11.7 Å². The molecule has 94 valence electrons. The van der Waals surface area contributed by atoms with E-state index in [2.05, 4.69) is 10.3 Å². The van der Waals surface area contributed by atoms with E-state index in [9.17, 15) is 9.90 Å². The summed E-state index contributed by atoms with van der Waals surface area (Å²) in [4.78, 5) is 16.1. The Morgan fingerprint density at radius 1 is 1.33 bits per heavy atom. The molecule has 1 amide bonds. The Morgan fingerprint density at radius 3 is 2.61 bits per heavy atom. The molecule has 1 aliphatic rings. The molecular weight excluding hydrogens is 228 g/mol. The van der Waals surface area contributed by atoms with E-state index in [4.69, 9.17) is 0 Å². The molecule has 0 unspecified atom stereocenters. The molecule has 1 aromatic rings. The maximum Gasteiger partial charge on any atom is 0.257 e. The average Bonchev–Trinajstić information content (AvgIpc) is 2.59. The number of carbonyl (C=O) groups excluding carboxylic acids is 1. The van der Waals surface area contributed by atoms with Crippen LogP contribution in [0.4, 0.5) is 5.82 Å². The van der Waals surface area contributed by atoms with Crippen molar-refractivity contribution < 1.29 is 9.90 Å². The van der Waals surface area contributed by atoms with Gasteiger partial charge in [0.05, 0.1) is 11.3 Å². The summed E-state index contributed by atoms with van der Waals surface area (Å²) in [5.41, 5.74) is 3.55. The topological polar surface area (TPSA) is 62.2 Å². The first-order valence-electron chi connectivity index (χ1n) is 5.79. The van der Waals surface area contributed by atoms with Gasteiger partial charge in [0.15, 0.2) is 0 Å². The molecule has 0 saturated heterocycles. The molecular formula is C14H16N2O2. The van der Waals surface area contributed by atoms with Crippen molar-refractivity contribution in [1.82, 2.24) is 4.98 Å². The number of allylic oxidation sites excluding steroid dienone is 3. The summed E-state index contributed by atoms with van der Waals surface area (Å²) < 4.78 is 0. The molecule has 18 heavy (non-hydrogen) atoms. The maximum atomic E-state index is 11.9. The lowest BCUT2D eigenvalue weighted by Crippen LogP contribution is -2.04. The molecule has 4 heteroatoms. The Kier molecular flexibility index (Phi) is 2.95. The minimum absolute atomic E-state index is 0.147. The van der Waals surface area contributed by atoms with Gasteiger partial charge in [-0.05, 0) is 33.8 Å². The normalized spacial score (nSPS) is 15.6. The number of amides is 1. The molecule has 0 saturated carbocycles. The summed E-state index contributed by atoms with van der Waals surface area (Å²) in [7, 11) is 0. The number of aromatic hydroxyl groups is 1. The zero-order valence-corrected chi connectivity index (χ0v) is 11.0. The van der Waals surface area contributed by atoms with Gasteiger partial charge in [-0.2, -0.15) is 0 Å². The average molecular weight is 244 g/mol. The number of rotatable bonds is 1. The lowest BCUT2D eigenvalue weighted by Gasteiger charge is -2.07. The zero-order chi connectivity index (χ0) is 13.4. The number of aromatic nitrogens is 1. The Labute approximate surface area is 106 Å². The minimum atomic E-state index is -0.178. The second-order valence-corrected chi connectivity index (χ2v) is 4.67. The standard InChI is InChI=1S/C14H16N2O2/c1-7(2)5-6-10-11-8(3)12(17)9(4)15-13(11)16-14(10)18/h5-6,17H,1-4H3,(H,15,16,18). The summed E-state index contributed by atoms with van der Waals surface area (Å²) in [6, 6.07) is 0. The molecule has 0 aliphatic carbocycles. The number of hydrogen-bond acceptors (Lipinski definition) is 3. The number of nitrogens with one attached hydrogen (secondary N) is 1. The van der Waals surface area contributed by atoms with E-state index >= 15 is 0 Å². The summed E-state index contributed by atoms with van der Waals surface area (Å²) in [5, 5.41) is 12.6. The summed E-state index contributed by atoms with van der Waals surface area (Å²) in [5.74, 6) is 0.498. The van der Waals surface area contributed by atoms with Crippen LogP contribution >= 0.6 is 0 Å². The molecule has 4 nitrogen and oxygen atoms in total. The summed E-state index contributed by atoms with van der Waals surface area (Å²) in [6.07, 6.45) is 3.64. The Balaban J connectivity index is 2.65. The lowest BCUT2D eigenvalue weighted by molar-refractivity contribution is -0.110. The number of carbonyl (C=O) groups is 1. The number of fused-ring (bicyclic) bond motifs is 1. The van der Waals surface area contributed by atoms with Crippen molar-refractivity contribution in [2.24, 2.45) is 0 Å². The van der Waals surface area contributed by atoms with E-state index in [0.717, 1.165) is 5.57 Å². The number of nitrogens with zero attached hydrogens (tertiary/aromatic N) is 1. The first-order valence-corrected chi connectivity index (χ1v) is 5.79. The van der Waals surface area contributed by atoms with Crippen molar-refractivity contribution in [2.75, 3.05) is 5.32 Å². The van der Waals surface area contributed by atoms with Crippen LogP contribution in [0.3, 0.4) is 0 Å². The van der Waals surface area contributed by atoms with Crippen LogP contribution in [0.1, 0.15) is 30.7 Å². The summed E-state index contributed by atoms with van der Waals surface area (Å²) >= 11 is 0. The smallest absolute Gasteiger partial charge is 0.257 e. The van der Waals surface area contributed by atoms with Crippen LogP contribution in [-0.4, -0.2) is 16.0 Å². The van der Waals surface area contributed by atoms with Crippen molar-refractivity contribution in [1.29, 1.82) is 0 Å². The van der Waals surface area contributed by atoms with Gasteiger partial charge >= 0.3 is 0 Å². The maximum absolute atomic E-state index is 11.9. The van der Waals surface area contributed by atoms with Crippen LogP contribution in [0.2, 0.25) is 0 Å². The fraction of sp³-hybridized carbons (Fsp3) is 0.286. The van der Waals surface area contributed by atoms with Crippen molar-refractivity contribution in [2.45, 2.75) is 27.7 Å². The monoisotopic (exact) mass is 244 g/mol. The Hall–Kier alpha value is -2.10. The van der Waals surface area contributed by atoms with Crippen LogP contribution in [0, 0.1) is 13.8 Å². The molecule has 1 aromatic heterocycles. The van der Waals surface area contributed by atoms with Gasteiger partial charge in [-0.15, -0.1) is 0 Å². The van der Waals surface area contributed by atoms with E-state index in [1.807, 2.05) is 19.9 Å². The van der Waals surface area contributed by atoms with Gasteiger partial charge in [0.25, 0.3) is 5.91 Å². The molecule has 0 bridgehead atoms. The third-order valence-corrected chi connectivity index (χ3v) is 2.92. The highest BCUT2D eigenvalue weighted by atomic mass is 16.3. The molecule has 0 atom stereocenters. The second kappa shape index (κ2) is 4.29. The zero-order valence-electron chi connectivity index (χ0n) is 11.0. The molecule has 0 radical (unpaired) electrons. The number of hydrogen-bond donors (Lipinski definition) is 2. The molecule has 1 aliphatic heterocycles. The molecule has 0 spiro atoms. The van der Waals surface area contributed by atoms with Gasteiger partial charge < -0.3 is 10.4 Å². The SMILES string of the molecule is CC(C)=CC=C1C(=O)Nc2nc(C)c(O)c(C)c21. The van der Waals surface area contributed by atoms with Crippen LogP contribution in [0.25, 0.3) is 5.57 Å². The highest BCUT2D eigenvalue weighted by Gasteiger charge is 2.28. The van der Waals surface area contributed by atoms with E-state index in [1.54, 1.807) is 19.9 Å². The van der Waals surface area contributed by atoms with Gasteiger partial charge in [0, 0.05) is 11.1 Å². The van der Waals surface area contributed by atoms with E-state index in [0.29, 0.717) is 28.2 Å². The first kappa shape index (κ1) is 12.4. The third-order valence-electron chi connectivity index (χ3n) is 2.92. The molecule has 0 fully saturated rings. The molecule has 2 N–H and O–H groups in total. The number of anilines is 1. The fourth-order valence-electron chi connectivity index (χ4n) is 1.96. The van der Waals surface area contributed by atoms with Gasteiger partial charge in [0.1, 0.15) is 11.6 Å². The summed E-state index contributed by atoms with van der Waals surface area (Å²) in [6.45, 7) is 7.43. The predicted molar refractivity (Wildman–Crippen MR) is 71.4 cm³/mol. The van der Waals surface area contributed by atoms with Crippen molar-refractivity contribution in [3.05, 3.63) is 34.5 Å². The first-order chi connectivity index (χ1) is 8.41. The van der Waals surface area contributed by atoms with E-state index in [1.165, 1.54) is 0 Å². The van der Waals surface area contributed by atoms with Crippen molar-refractivity contribution in [3.63, 3.8) is 0 Å². The predicted octanol–water partition coefficient (Wildman–Crippen LogP) is 2.71. The van der Waals surface area contributed by atoms with E-state index < -0.39 is 0 Å². The lowest BCUT2D eigenvalue weighted by atomic mass is 10.0. The van der Waals surface area contributed by atoms with Crippen molar-refractivity contribution in [3.8, 4) is 5.75 Å². The van der Waals surface area contributed by atoms with Gasteiger partial charge in [-0.1, -0.05) is 11.6 Å². The molecule has 2 heterocycles. The quantitative estimate of drug-likeness (QED) is 0.747. The number of aryl methyl sites for hydroxylation is 1. The Bertz CT molecular complexity index is 594. The highest BCUT2D eigenvalue weighted by molar-refractivity contribution is 6.31. The molecule has 0 aromatic carbocycles. The van der Waals surface area contributed by atoms with Crippen LogP contribution < -0.4 is 5.32 Å². The minimum Gasteiger partial charge on any atom is -0.506 e. The molecule has 2 rings (SSSR count). The van der Waals surface area contributed by atoms with Crippen molar-refractivity contribution >= 4 is 17.3 Å². The van der Waals surface area contributed by atoms with Crippen LogP contribution in [-0.2, 0) is 4.79 Å².